The van der Waals surface area contributed by atoms with Crippen LogP contribution >= 0.6 is 0 Å². The maximum absolute atomic E-state index is 12.8. The molecule has 1 aliphatic heterocycles. The summed E-state index contributed by atoms with van der Waals surface area (Å²) in [7, 11) is 0. The van der Waals surface area contributed by atoms with Gasteiger partial charge in [-0.25, -0.2) is 0 Å². The van der Waals surface area contributed by atoms with Gasteiger partial charge in [0.2, 0.25) is 5.91 Å². The highest BCUT2D eigenvalue weighted by Crippen LogP contribution is 2.22. The molecule has 1 aliphatic rings. The molecule has 132 valence electrons. The molecule has 2 amide bonds. The fourth-order valence-electron chi connectivity index (χ4n) is 3.39. The van der Waals surface area contributed by atoms with Gasteiger partial charge in [-0.05, 0) is 50.3 Å². The van der Waals surface area contributed by atoms with Crippen molar-refractivity contribution >= 4 is 11.8 Å². The molecule has 1 saturated heterocycles. The monoisotopic (exact) mass is 340 g/mol. The second-order valence-electron chi connectivity index (χ2n) is 6.52. The highest BCUT2D eigenvalue weighted by molar-refractivity contribution is 5.95. The zero-order valence-corrected chi connectivity index (χ0v) is 14.5. The summed E-state index contributed by atoms with van der Waals surface area (Å²) in [5.74, 6) is -0.150. The predicted octanol–water partition coefficient (Wildman–Crippen LogP) is 3.02. The SMILES string of the molecule is C[C@@H](NC(=O)c1ccco1)C(=O)N1CCC[C@H]1CCc1ccccc1. The van der Waals surface area contributed by atoms with Crippen LogP contribution in [0.3, 0.4) is 0 Å². The molecule has 0 unspecified atom stereocenters. The van der Waals surface area contributed by atoms with Crippen LogP contribution in [-0.4, -0.2) is 35.3 Å². The van der Waals surface area contributed by atoms with E-state index in [1.807, 2.05) is 23.1 Å². The average molecular weight is 340 g/mol. The van der Waals surface area contributed by atoms with Crippen molar-refractivity contribution in [3.63, 3.8) is 0 Å². The zero-order chi connectivity index (χ0) is 17.6. The van der Waals surface area contributed by atoms with E-state index in [0.717, 1.165) is 32.2 Å². The molecule has 5 heteroatoms. The van der Waals surface area contributed by atoms with Gasteiger partial charge in [0.25, 0.3) is 5.91 Å². The van der Waals surface area contributed by atoms with Crippen molar-refractivity contribution < 1.29 is 14.0 Å². The van der Waals surface area contributed by atoms with Gasteiger partial charge in [0.05, 0.1) is 6.26 Å². The molecule has 1 fully saturated rings. The fraction of sp³-hybridized carbons (Fsp3) is 0.400. The number of benzene rings is 1. The van der Waals surface area contributed by atoms with Crippen molar-refractivity contribution in [3.8, 4) is 0 Å². The van der Waals surface area contributed by atoms with E-state index >= 15 is 0 Å². The quantitative estimate of drug-likeness (QED) is 0.879. The van der Waals surface area contributed by atoms with Crippen molar-refractivity contribution in [2.75, 3.05) is 6.54 Å². The van der Waals surface area contributed by atoms with Gasteiger partial charge in [0.15, 0.2) is 5.76 Å². The van der Waals surface area contributed by atoms with Crippen molar-refractivity contribution in [3.05, 3.63) is 60.1 Å². The Kier molecular flexibility index (Phi) is 5.53. The minimum absolute atomic E-state index is 0.0181. The van der Waals surface area contributed by atoms with E-state index in [1.165, 1.54) is 11.8 Å². The van der Waals surface area contributed by atoms with Crippen molar-refractivity contribution in [1.82, 2.24) is 10.2 Å². The topological polar surface area (TPSA) is 62.6 Å². The van der Waals surface area contributed by atoms with Crippen LogP contribution in [0.5, 0.6) is 0 Å². The van der Waals surface area contributed by atoms with Crippen LogP contribution in [0.15, 0.2) is 53.1 Å². The predicted molar refractivity (Wildman–Crippen MR) is 95.1 cm³/mol. The van der Waals surface area contributed by atoms with Gasteiger partial charge in [-0.15, -0.1) is 0 Å². The van der Waals surface area contributed by atoms with Crippen LogP contribution in [0.4, 0.5) is 0 Å². The molecule has 3 rings (SSSR count). The molecule has 0 spiro atoms. The summed E-state index contributed by atoms with van der Waals surface area (Å²) in [4.78, 5) is 26.7. The standard InChI is InChI=1S/C20H24N2O3/c1-15(21-19(23)18-10-6-14-25-18)20(24)22-13-5-9-17(22)12-11-16-7-3-2-4-8-16/h2-4,6-8,10,14-15,17H,5,9,11-13H2,1H3,(H,21,23)/t15-,17+/m1/s1. The Morgan fingerprint density at radius 2 is 2.04 bits per heavy atom. The Balaban J connectivity index is 1.55. The van der Waals surface area contributed by atoms with E-state index in [-0.39, 0.29) is 23.6 Å². The second-order valence-corrected chi connectivity index (χ2v) is 6.52. The number of rotatable bonds is 6. The van der Waals surface area contributed by atoms with Crippen LogP contribution in [0.25, 0.3) is 0 Å². The normalized spacial score (nSPS) is 18.1. The number of amides is 2. The molecular formula is C20H24N2O3. The third-order valence-electron chi connectivity index (χ3n) is 4.73. The lowest BCUT2D eigenvalue weighted by atomic mass is 10.0. The summed E-state index contributed by atoms with van der Waals surface area (Å²) in [5.41, 5.74) is 1.29. The molecule has 0 bridgehead atoms. The van der Waals surface area contributed by atoms with Gasteiger partial charge in [-0.1, -0.05) is 30.3 Å². The first-order valence-corrected chi connectivity index (χ1v) is 8.84. The third kappa shape index (κ3) is 4.29. The largest absolute Gasteiger partial charge is 0.459 e. The molecular weight excluding hydrogens is 316 g/mol. The molecule has 2 heterocycles. The van der Waals surface area contributed by atoms with Crippen LogP contribution in [0.2, 0.25) is 0 Å². The Morgan fingerprint density at radius 1 is 1.24 bits per heavy atom. The molecule has 0 radical (unpaired) electrons. The summed E-state index contributed by atoms with van der Waals surface area (Å²) in [6.07, 6.45) is 5.40. The lowest BCUT2D eigenvalue weighted by Gasteiger charge is -2.28. The maximum atomic E-state index is 12.8. The minimum Gasteiger partial charge on any atom is -0.459 e. The van der Waals surface area contributed by atoms with E-state index in [2.05, 4.69) is 17.4 Å². The van der Waals surface area contributed by atoms with Crippen LogP contribution < -0.4 is 5.32 Å². The molecule has 1 aromatic heterocycles. The Bertz CT molecular complexity index is 697. The number of aryl methyl sites for hydroxylation is 1. The third-order valence-corrected chi connectivity index (χ3v) is 4.73. The van der Waals surface area contributed by atoms with Gasteiger partial charge in [-0.3, -0.25) is 9.59 Å². The minimum atomic E-state index is -0.560. The zero-order valence-electron chi connectivity index (χ0n) is 14.5. The lowest BCUT2D eigenvalue weighted by molar-refractivity contribution is -0.133. The number of furan rings is 1. The van der Waals surface area contributed by atoms with Gasteiger partial charge >= 0.3 is 0 Å². The first kappa shape index (κ1) is 17.3. The number of carbonyl (C=O) groups excluding carboxylic acids is 2. The van der Waals surface area contributed by atoms with Gasteiger partial charge in [0, 0.05) is 12.6 Å². The van der Waals surface area contributed by atoms with Crippen molar-refractivity contribution in [1.29, 1.82) is 0 Å². The Labute approximate surface area is 148 Å². The van der Waals surface area contributed by atoms with Gasteiger partial charge in [-0.2, -0.15) is 0 Å². The van der Waals surface area contributed by atoms with Crippen molar-refractivity contribution in [2.24, 2.45) is 0 Å². The number of likely N-dealkylation sites (tertiary alicyclic amines) is 1. The average Bonchev–Trinajstić information content (AvgIpc) is 3.31. The molecule has 0 saturated carbocycles. The molecule has 1 N–H and O–H groups in total. The first-order chi connectivity index (χ1) is 12.1. The first-order valence-electron chi connectivity index (χ1n) is 8.84. The molecule has 25 heavy (non-hydrogen) atoms. The highest BCUT2D eigenvalue weighted by Gasteiger charge is 2.31. The lowest BCUT2D eigenvalue weighted by Crippen LogP contribution is -2.48. The van der Waals surface area contributed by atoms with E-state index < -0.39 is 6.04 Å². The fourth-order valence-corrected chi connectivity index (χ4v) is 3.39. The van der Waals surface area contributed by atoms with E-state index in [1.54, 1.807) is 19.1 Å². The Hall–Kier alpha value is -2.56. The summed E-state index contributed by atoms with van der Waals surface area (Å²) < 4.78 is 5.07. The summed E-state index contributed by atoms with van der Waals surface area (Å²) >= 11 is 0. The smallest absolute Gasteiger partial charge is 0.287 e. The number of hydrogen-bond acceptors (Lipinski definition) is 3. The second kappa shape index (κ2) is 8.01. The van der Waals surface area contributed by atoms with E-state index in [0.29, 0.717) is 0 Å². The number of hydrogen-bond donors (Lipinski definition) is 1. The van der Waals surface area contributed by atoms with Crippen LogP contribution in [-0.2, 0) is 11.2 Å². The van der Waals surface area contributed by atoms with Crippen LogP contribution in [0, 0.1) is 0 Å². The highest BCUT2D eigenvalue weighted by atomic mass is 16.3. The summed E-state index contributed by atoms with van der Waals surface area (Å²) in [6.45, 7) is 2.50. The molecule has 0 aliphatic carbocycles. The summed E-state index contributed by atoms with van der Waals surface area (Å²) in [6, 6.07) is 13.3. The number of nitrogens with zero attached hydrogens (tertiary/aromatic N) is 1. The Morgan fingerprint density at radius 3 is 2.76 bits per heavy atom. The maximum Gasteiger partial charge on any atom is 0.287 e. The molecule has 2 aromatic rings. The van der Waals surface area contributed by atoms with Crippen molar-refractivity contribution in [2.45, 2.75) is 44.7 Å². The summed E-state index contributed by atoms with van der Waals surface area (Å²) in [5, 5.41) is 2.73. The molecule has 5 nitrogen and oxygen atoms in total. The molecule has 1 aromatic carbocycles. The number of nitrogens with one attached hydrogen (secondary N) is 1. The van der Waals surface area contributed by atoms with E-state index in [9.17, 15) is 9.59 Å². The van der Waals surface area contributed by atoms with E-state index in [4.69, 9.17) is 4.42 Å². The molecule has 2 atom stereocenters. The van der Waals surface area contributed by atoms with Gasteiger partial charge < -0.3 is 14.6 Å². The number of carbonyl (C=O) groups is 2. The van der Waals surface area contributed by atoms with Gasteiger partial charge in [0.1, 0.15) is 6.04 Å². The van der Waals surface area contributed by atoms with Crippen LogP contribution in [0.1, 0.15) is 42.3 Å².